The monoisotopic (exact) mass is 236 g/mol. The minimum Gasteiger partial charge on any atom is -0.274 e. The third kappa shape index (κ3) is 1.86. The van der Waals surface area contributed by atoms with Crippen LogP contribution in [0, 0.1) is 6.92 Å². The zero-order valence-electron chi connectivity index (χ0n) is 9.08. The predicted molar refractivity (Wildman–Crippen MR) is 59.8 cm³/mol. The summed E-state index contributed by atoms with van der Waals surface area (Å²) in [5, 5.41) is 3.86. The molecular weight excluding hydrogens is 224 g/mol. The van der Waals surface area contributed by atoms with Crippen molar-refractivity contribution in [2.75, 3.05) is 0 Å². The highest BCUT2D eigenvalue weighted by Gasteiger charge is 2.18. The Hall–Kier alpha value is -1.62. The first kappa shape index (κ1) is 10.9. The van der Waals surface area contributed by atoms with Gasteiger partial charge in [-0.2, -0.15) is 5.10 Å². The molecule has 5 heteroatoms. The van der Waals surface area contributed by atoms with Gasteiger partial charge in [-0.25, -0.2) is 8.42 Å². The Morgan fingerprint density at radius 2 is 1.75 bits per heavy atom. The summed E-state index contributed by atoms with van der Waals surface area (Å²) in [6, 6.07) is 6.78. The molecule has 0 aliphatic rings. The first-order valence-electron chi connectivity index (χ1n) is 4.80. The summed E-state index contributed by atoms with van der Waals surface area (Å²) < 4.78 is 25.7. The average Bonchev–Trinajstić information content (AvgIpc) is 2.66. The Bertz CT molecular complexity index is 597. The van der Waals surface area contributed by atoms with Gasteiger partial charge in [0.1, 0.15) is 4.90 Å². The van der Waals surface area contributed by atoms with Crippen molar-refractivity contribution in [1.82, 2.24) is 9.78 Å². The van der Waals surface area contributed by atoms with E-state index in [-0.39, 0.29) is 4.90 Å². The van der Waals surface area contributed by atoms with Crippen molar-refractivity contribution in [2.24, 2.45) is 7.05 Å². The van der Waals surface area contributed by atoms with Gasteiger partial charge in [0.15, 0.2) is 0 Å². The highest BCUT2D eigenvalue weighted by Crippen LogP contribution is 2.19. The van der Waals surface area contributed by atoms with Gasteiger partial charge in [-0.3, -0.25) is 4.68 Å². The molecule has 16 heavy (non-hydrogen) atoms. The number of benzene rings is 1. The molecule has 1 heterocycles. The Kier molecular flexibility index (Phi) is 2.55. The van der Waals surface area contributed by atoms with E-state index in [0.29, 0.717) is 4.90 Å². The molecule has 1 aromatic carbocycles. The molecule has 0 N–H and O–H groups in total. The van der Waals surface area contributed by atoms with Crippen molar-refractivity contribution >= 4 is 9.84 Å². The van der Waals surface area contributed by atoms with Gasteiger partial charge >= 0.3 is 0 Å². The number of aryl methyl sites for hydroxylation is 2. The third-order valence-electron chi connectivity index (χ3n) is 2.32. The van der Waals surface area contributed by atoms with Crippen LogP contribution in [0.4, 0.5) is 0 Å². The van der Waals surface area contributed by atoms with Crippen LogP contribution in [0.1, 0.15) is 5.56 Å². The smallest absolute Gasteiger partial charge is 0.209 e. The van der Waals surface area contributed by atoms with Crippen LogP contribution >= 0.6 is 0 Å². The van der Waals surface area contributed by atoms with E-state index in [1.165, 1.54) is 17.1 Å². The lowest BCUT2D eigenvalue weighted by molar-refractivity contribution is 0.596. The van der Waals surface area contributed by atoms with Crippen molar-refractivity contribution in [2.45, 2.75) is 16.7 Å². The second kappa shape index (κ2) is 3.75. The van der Waals surface area contributed by atoms with Crippen LogP contribution in [0.2, 0.25) is 0 Å². The molecule has 1 aromatic heterocycles. The predicted octanol–water partition coefficient (Wildman–Crippen LogP) is 1.56. The van der Waals surface area contributed by atoms with E-state index < -0.39 is 9.84 Å². The molecule has 0 aliphatic carbocycles. The summed E-state index contributed by atoms with van der Waals surface area (Å²) >= 11 is 0. The first-order chi connectivity index (χ1) is 7.50. The van der Waals surface area contributed by atoms with E-state index in [4.69, 9.17) is 0 Å². The SMILES string of the molecule is Cc1ccc(S(=O)(=O)c2cnn(C)c2)cc1. The lowest BCUT2D eigenvalue weighted by atomic mass is 10.2. The zero-order valence-corrected chi connectivity index (χ0v) is 9.90. The fourth-order valence-corrected chi connectivity index (χ4v) is 2.63. The highest BCUT2D eigenvalue weighted by molar-refractivity contribution is 7.91. The zero-order chi connectivity index (χ0) is 11.8. The molecule has 0 spiro atoms. The molecule has 4 nitrogen and oxygen atoms in total. The number of hydrogen-bond donors (Lipinski definition) is 0. The van der Waals surface area contributed by atoms with Crippen LogP contribution in [0.5, 0.6) is 0 Å². The second-order valence-electron chi connectivity index (χ2n) is 3.67. The van der Waals surface area contributed by atoms with Crippen LogP contribution in [-0.4, -0.2) is 18.2 Å². The van der Waals surface area contributed by atoms with Gasteiger partial charge in [0, 0.05) is 13.2 Å². The standard InChI is InChI=1S/C11H12N2O2S/c1-9-3-5-10(6-4-9)16(14,15)11-7-12-13(2)8-11/h3-8H,1-2H3. The molecule has 0 atom stereocenters. The van der Waals surface area contributed by atoms with Gasteiger partial charge in [0.25, 0.3) is 0 Å². The Balaban J connectivity index is 2.51. The molecule has 0 radical (unpaired) electrons. The van der Waals surface area contributed by atoms with E-state index in [9.17, 15) is 8.42 Å². The van der Waals surface area contributed by atoms with Gasteiger partial charge in [-0.05, 0) is 19.1 Å². The average molecular weight is 236 g/mol. The van der Waals surface area contributed by atoms with Gasteiger partial charge in [0.05, 0.1) is 11.1 Å². The van der Waals surface area contributed by atoms with Crippen molar-refractivity contribution < 1.29 is 8.42 Å². The van der Waals surface area contributed by atoms with E-state index >= 15 is 0 Å². The lowest BCUT2D eigenvalue weighted by Gasteiger charge is -2.01. The molecule has 0 saturated heterocycles. The topological polar surface area (TPSA) is 52.0 Å². The van der Waals surface area contributed by atoms with Crippen molar-refractivity contribution in [3.05, 3.63) is 42.2 Å². The van der Waals surface area contributed by atoms with Crippen LogP contribution in [0.3, 0.4) is 0 Å². The largest absolute Gasteiger partial charge is 0.274 e. The second-order valence-corrected chi connectivity index (χ2v) is 5.62. The minimum atomic E-state index is -3.42. The van der Waals surface area contributed by atoms with Crippen molar-refractivity contribution in [1.29, 1.82) is 0 Å². The normalized spacial score (nSPS) is 11.6. The first-order valence-corrected chi connectivity index (χ1v) is 6.29. The molecule has 2 rings (SSSR count). The molecule has 0 unspecified atom stereocenters. The minimum absolute atomic E-state index is 0.221. The quantitative estimate of drug-likeness (QED) is 0.795. The summed E-state index contributed by atoms with van der Waals surface area (Å²) in [6.07, 6.45) is 2.85. The molecule has 0 fully saturated rings. The Morgan fingerprint density at radius 3 is 2.25 bits per heavy atom. The van der Waals surface area contributed by atoms with E-state index in [1.54, 1.807) is 31.3 Å². The van der Waals surface area contributed by atoms with Crippen molar-refractivity contribution in [3.8, 4) is 0 Å². The number of sulfone groups is 1. The summed E-state index contributed by atoms with van der Waals surface area (Å²) in [5.41, 5.74) is 1.03. The van der Waals surface area contributed by atoms with Crippen molar-refractivity contribution in [3.63, 3.8) is 0 Å². The van der Waals surface area contributed by atoms with E-state index in [1.807, 2.05) is 6.92 Å². The van der Waals surface area contributed by atoms with Crippen LogP contribution in [0.25, 0.3) is 0 Å². The lowest BCUT2D eigenvalue weighted by Crippen LogP contribution is -2.00. The number of hydrogen-bond acceptors (Lipinski definition) is 3. The van der Waals surface area contributed by atoms with E-state index in [0.717, 1.165) is 5.56 Å². The molecule has 2 aromatic rings. The molecule has 84 valence electrons. The molecule has 0 bridgehead atoms. The fraction of sp³-hybridized carbons (Fsp3) is 0.182. The summed E-state index contributed by atoms with van der Waals surface area (Å²) in [7, 11) is -1.73. The highest BCUT2D eigenvalue weighted by atomic mass is 32.2. The van der Waals surface area contributed by atoms with Gasteiger partial charge in [-0.1, -0.05) is 17.7 Å². The van der Waals surface area contributed by atoms with Crippen LogP contribution in [-0.2, 0) is 16.9 Å². The van der Waals surface area contributed by atoms with Gasteiger partial charge in [-0.15, -0.1) is 0 Å². The Morgan fingerprint density at radius 1 is 1.12 bits per heavy atom. The molecular formula is C11H12N2O2S. The fourth-order valence-electron chi connectivity index (χ4n) is 1.39. The summed E-state index contributed by atoms with van der Waals surface area (Å²) in [6.45, 7) is 1.92. The maximum absolute atomic E-state index is 12.1. The number of rotatable bonds is 2. The maximum atomic E-state index is 12.1. The third-order valence-corrected chi connectivity index (χ3v) is 4.05. The number of aromatic nitrogens is 2. The summed E-state index contributed by atoms with van der Waals surface area (Å²) in [4.78, 5) is 0.518. The van der Waals surface area contributed by atoms with E-state index in [2.05, 4.69) is 5.10 Å². The van der Waals surface area contributed by atoms with Gasteiger partial charge < -0.3 is 0 Å². The maximum Gasteiger partial charge on any atom is 0.209 e. The molecule has 0 amide bonds. The molecule has 0 saturated carbocycles. The Labute approximate surface area is 94.5 Å². The van der Waals surface area contributed by atoms with Gasteiger partial charge in [0.2, 0.25) is 9.84 Å². The number of nitrogens with zero attached hydrogens (tertiary/aromatic N) is 2. The van der Waals surface area contributed by atoms with Crippen LogP contribution in [0.15, 0.2) is 46.5 Å². The summed E-state index contributed by atoms with van der Waals surface area (Å²) in [5.74, 6) is 0. The van der Waals surface area contributed by atoms with Crippen LogP contribution < -0.4 is 0 Å². The molecule has 0 aliphatic heterocycles.